The van der Waals surface area contributed by atoms with Crippen LogP contribution in [-0.2, 0) is 0 Å². The van der Waals surface area contributed by atoms with Gasteiger partial charge < -0.3 is 0 Å². The Morgan fingerprint density at radius 3 is 1.47 bits per heavy atom. The third kappa shape index (κ3) is 5.39. The maximum atomic E-state index is 14.2. The van der Waals surface area contributed by atoms with Crippen molar-refractivity contribution in [2.75, 3.05) is 0 Å². The molecule has 2 heterocycles. The van der Waals surface area contributed by atoms with Gasteiger partial charge in [-0.15, -0.1) is 0 Å². The Labute approximate surface area is 201 Å². The SMILES string of the molecule is CCC[CH2][Sn]([CH2]CCC)([CH2]CCC)[c]1ccc(-c2ccc(-c3c(F)c(F)c(F)c(F)c3F)o2)o1. The molecule has 2 nitrogen and oxygen atoms in total. The first kappa shape index (κ1) is 26.8. The molecule has 0 N–H and O–H groups in total. The van der Waals surface area contributed by atoms with Gasteiger partial charge in [0, 0.05) is 0 Å². The molecule has 186 valence electrons. The fourth-order valence-electron chi connectivity index (χ4n) is 4.47. The van der Waals surface area contributed by atoms with E-state index in [4.69, 9.17) is 8.83 Å². The van der Waals surface area contributed by atoms with Gasteiger partial charge in [-0.1, -0.05) is 0 Å². The summed E-state index contributed by atoms with van der Waals surface area (Å²) in [5, 5.41) is 0. The summed E-state index contributed by atoms with van der Waals surface area (Å²) in [5.74, 6) is -9.92. The van der Waals surface area contributed by atoms with E-state index in [0.717, 1.165) is 42.3 Å². The van der Waals surface area contributed by atoms with Crippen molar-refractivity contribution >= 4 is 22.2 Å². The Kier molecular flexibility index (Phi) is 9.29. The first-order valence-corrected chi connectivity index (χ1v) is 19.5. The van der Waals surface area contributed by atoms with Crippen molar-refractivity contribution in [3.63, 3.8) is 0 Å². The van der Waals surface area contributed by atoms with Crippen LogP contribution in [0.2, 0.25) is 13.3 Å². The normalized spacial score (nSPS) is 12.0. The summed E-state index contributed by atoms with van der Waals surface area (Å²) < 4.78 is 85.6. The molecule has 0 unspecified atom stereocenters. The number of unbranched alkanes of at least 4 members (excludes halogenated alkanes) is 3. The zero-order valence-corrected chi connectivity index (χ0v) is 22.7. The van der Waals surface area contributed by atoms with E-state index in [9.17, 15) is 22.0 Å². The maximum absolute atomic E-state index is 14.2. The van der Waals surface area contributed by atoms with Crippen molar-refractivity contribution in [1.29, 1.82) is 0 Å². The standard InChI is InChI=1S/C14H4F5O2.3C4H9.Sn/c15-10-9(11(16)13(18)14(19)12(10)17)8-4-3-7(21-8)6-2-1-5-20-6;3*1-3-4-2;/h1-4H;3*1,3-4H2,2H3;. The molecule has 0 aliphatic carbocycles. The molecule has 34 heavy (non-hydrogen) atoms. The van der Waals surface area contributed by atoms with Crippen LogP contribution in [0.25, 0.3) is 22.8 Å². The second-order valence-corrected chi connectivity index (χ2v) is 21.9. The Bertz CT molecular complexity index is 1050. The summed E-state index contributed by atoms with van der Waals surface area (Å²) in [6.45, 7) is 6.56. The molecular weight excluding hydrogens is 558 g/mol. The Hall–Kier alpha value is -1.77. The van der Waals surface area contributed by atoms with E-state index in [2.05, 4.69) is 20.8 Å². The monoisotopic (exact) mass is 590 g/mol. The average molecular weight is 589 g/mol. The van der Waals surface area contributed by atoms with Crippen molar-refractivity contribution in [3.05, 3.63) is 53.4 Å². The Balaban J connectivity index is 1.99. The molecule has 8 heteroatoms. The van der Waals surface area contributed by atoms with Crippen molar-refractivity contribution in [1.82, 2.24) is 0 Å². The van der Waals surface area contributed by atoms with Gasteiger partial charge in [-0.25, -0.2) is 0 Å². The third-order valence-corrected chi connectivity index (χ3v) is 21.4. The summed E-state index contributed by atoms with van der Waals surface area (Å²) in [6, 6.07) is 6.41. The van der Waals surface area contributed by atoms with Gasteiger partial charge >= 0.3 is 202 Å². The van der Waals surface area contributed by atoms with Crippen LogP contribution >= 0.6 is 0 Å². The van der Waals surface area contributed by atoms with Gasteiger partial charge in [-0.2, -0.15) is 0 Å². The number of rotatable bonds is 12. The molecule has 0 amide bonds. The molecule has 0 spiro atoms. The van der Waals surface area contributed by atoms with Gasteiger partial charge in [-0.05, 0) is 0 Å². The first-order chi connectivity index (χ1) is 16.3. The van der Waals surface area contributed by atoms with Gasteiger partial charge in [0.05, 0.1) is 0 Å². The van der Waals surface area contributed by atoms with Gasteiger partial charge in [-0.3, -0.25) is 0 Å². The molecule has 0 aliphatic rings. The quantitative estimate of drug-likeness (QED) is 0.0913. The Morgan fingerprint density at radius 1 is 0.559 bits per heavy atom. The number of halogens is 5. The third-order valence-electron chi connectivity index (χ3n) is 6.46. The summed E-state index contributed by atoms with van der Waals surface area (Å²) in [5.41, 5.74) is -1.09. The molecule has 0 bridgehead atoms. The zero-order valence-electron chi connectivity index (χ0n) is 19.9. The summed E-state index contributed by atoms with van der Waals surface area (Å²) in [6.07, 6.45) is 6.83. The molecule has 0 atom stereocenters. The molecule has 0 saturated carbocycles. The van der Waals surface area contributed by atoms with E-state index in [1.807, 2.05) is 6.07 Å². The van der Waals surface area contributed by atoms with Crippen LogP contribution in [0.3, 0.4) is 0 Å². The van der Waals surface area contributed by atoms with Crippen LogP contribution in [0.1, 0.15) is 59.3 Å². The predicted octanol–water partition coefficient (Wildman–Crippen LogP) is 8.96. The van der Waals surface area contributed by atoms with E-state index < -0.39 is 58.8 Å². The van der Waals surface area contributed by atoms with E-state index >= 15 is 0 Å². The van der Waals surface area contributed by atoms with Crippen molar-refractivity contribution in [2.45, 2.75) is 72.6 Å². The first-order valence-electron chi connectivity index (χ1n) is 12.0. The van der Waals surface area contributed by atoms with Crippen LogP contribution in [0.15, 0.2) is 33.1 Å². The number of furan rings is 2. The number of benzene rings is 1. The summed E-state index contributed by atoms with van der Waals surface area (Å²) >= 11 is -2.83. The van der Waals surface area contributed by atoms with E-state index in [1.54, 1.807) is 6.07 Å². The van der Waals surface area contributed by atoms with Crippen molar-refractivity contribution < 1.29 is 30.8 Å². The van der Waals surface area contributed by atoms with Crippen LogP contribution < -0.4 is 3.78 Å². The van der Waals surface area contributed by atoms with E-state index in [0.29, 0.717) is 5.76 Å². The molecule has 2 aromatic heterocycles. The second kappa shape index (κ2) is 11.8. The second-order valence-electron chi connectivity index (χ2n) is 8.86. The molecule has 0 fully saturated rings. The fourth-order valence-corrected chi connectivity index (χ4v) is 19.7. The van der Waals surface area contributed by atoms with Crippen LogP contribution in [0.5, 0.6) is 0 Å². The van der Waals surface area contributed by atoms with Crippen LogP contribution in [0.4, 0.5) is 22.0 Å². The van der Waals surface area contributed by atoms with Gasteiger partial charge in [0.25, 0.3) is 0 Å². The number of hydrogen-bond donors (Lipinski definition) is 0. The van der Waals surface area contributed by atoms with E-state index in [1.165, 1.54) is 25.4 Å². The summed E-state index contributed by atoms with van der Waals surface area (Å²) in [4.78, 5) is 0. The van der Waals surface area contributed by atoms with Gasteiger partial charge in [0.1, 0.15) is 0 Å². The molecule has 1 aromatic carbocycles. The predicted molar refractivity (Wildman–Crippen MR) is 126 cm³/mol. The molecule has 3 rings (SSSR count). The fraction of sp³-hybridized carbons (Fsp3) is 0.462. The zero-order chi connectivity index (χ0) is 24.9. The average Bonchev–Trinajstić information content (AvgIpc) is 3.52. The molecule has 0 aliphatic heterocycles. The minimum absolute atomic E-state index is 0.187. The van der Waals surface area contributed by atoms with Crippen molar-refractivity contribution in [3.8, 4) is 22.8 Å². The molecular formula is C26H31F5O2Sn. The van der Waals surface area contributed by atoms with Crippen LogP contribution in [0, 0.1) is 29.1 Å². The molecule has 0 saturated heterocycles. The van der Waals surface area contributed by atoms with Crippen LogP contribution in [-0.4, -0.2) is 18.4 Å². The Morgan fingerprint density at radius 2 is 0.971 bits per heavy atom. The minimum atomic E-state index is -2.83. The molecule has 0 radical (unpaired) electrons. The van der Waals surface area contributed by atoms with E-state index in [-0.39, 0.29) is 5.76 Å². The van der Waals surface area contributed by atoms with Gasteiger partial charge in [0.2, 0.25) is 0 Å². The topological polar surface area (TPSA) is 26.3 Å². The summed E-state index contributed by atoms with van der Waals surface area (Å²) in [7, 11) is 0. The molecule has 3 aromatic rings. The number of hydrogen-bond acceptors (Lipinski definition) is 2. The van der Waals surface area contributed by atoms with Gasteiger partial charge in [0.15, 0.2) is 0 Å². The van der Waals surface area contributed by atoms with Crippen molar-refractivity contribution in [2.24, 2.45) is 0 Å².